The third kappa shape index (κ3) is 3.29. The number of hydrogen-bond acceptors (Lipinski definition) is 2. The average Bonchev–Trinajstić information content (AvgIpc) is 2.21. The number of nitrogens with one attached hydrogen (secondary N) is 2. The second-order valence-corrected chi connectivity index (χ2v) is 3.56. The van der Waals surface area contributed by atoms with Crippen LogP contribution in [0, 0.1) is 0 Å². The fourth-order valence-electron chi connectivity index (χ4n) is 1.28. The van der Waals surface area contributed by atoms with E-state index in [9.17, 15) is 0 Å². The van der Waals surface area contributed by atoms with Gasteiger partial charge < -0.3 is 10.6 Å². The standard InChI is InChI=1S/C12H20N2/c1-4-10(3)14-12-8-6-11(7-9-12)13-5-2/h6-10,13-14H,4-5H2,1-3H3. The minimum absolute atomic E-state index is 0.542. The van der Waals surface area contributed by atoms with E-state index in [0.29, 0.717) is 6.04 Å². The number of anilines is 2. The highest BCUT2D eigenvalue weighted by Crippen LogP contribution is 2.14. The van der Waals surface area contributed by atoms with Gasteiger partial charge in [-0.1, -0.05) is 6.92 Å². The molecule has 0 saturated heterocycles. The lowest BCUT2D eigenvalue weighted by molar-refractivity contribution is 0.764. The van der Waals surface area contributed by atoms with Crippen LogP contribution in [0.2, 0.25) is 0 Å². The lowest BCUT2D eigenvalue weighted by Crippen LogP contribution is -2.13. The molecule has 0 radical (unpaired) electrons. The maximum absolute atomic E-state index is 3.43. The van der Waals surface area contributed by atoms with Gasteiger partial charge in [0.25, 0.3) is 0 Å². The highest BCUT2D eigenvalue weighted by atomic mass is 14.9. The van der Waals surface area contributed by atoms with Crippen molar-refractivity contribution in [2.75, 3.05) is 17.2 Å². The molecule has 0 aliphatic carbocycles. The first-order valence-electron chi connectivity index (χ1n) is 5.36. The van der Waals surface area contributed by atoms with Crippen molar-refractivity contribution in [3.8, 4) is 0 Å². The van der Waals surface area contributed by atoms with Crippen LogP contribution in [0.5, 0.6) is 0 Å². The van der Waals surface area contributed by atoms with Gasteiger partial charge in [0.2, 0.25) is 0 Å². The van der Waals surface area contributed by atoms with Crippen molar-refractivity contribution in [2.45, 2.75) is 33.2 Å². The summed E-state index contributed by atoms with van der Waals surface area (Å²) in [5, 5.41) is 6.71. The van der Waals surface area contributed by atoms with Crippen LogP contribution in [0.25, 0.3) is 0 Å². The Morgan fingerprint density at radius 2 is 1.64 bits per heavy atom. The number of benzene rings is 1. The molecule has 14 heavy (non-hydrogen) atoms. The Kier molecular flexibility index (Phi) is 4.30. The van der Waals surface area contributed by atoms with Gasteiger partial charge in [-0.05, 0) is 44.5 Å². The van der Waals surface area contributed by atoms with Crippen LogP contribution in [-0.2, 0) is 0 Å². The summed E-state index contributed by atoms with van der Waals surface area (Å²) in [6.07, 6.45) is 1.15. The molecule has 1 atom stereocenters. The number of hydrogen-bond donors (Lipinski definition) is 2. The summed E-state index contributed by atoms with van der Waals surface area (Å²) in [5.41, 5.74) is 2.38. The Labute approximate surface area is 86.7 Å². The van der Waals surface area contributed by atoms with E-state index in [0.717, 1.165) is 13.0 Å². The Hall–Kier alpha value is -1.18. The molecule has 0 amide bonds. The first-order chi connectivity index (χ1) is 6.76. The molecule has 1 aromatic rings. The molecule has 0 saturated carbocycles. The lowest BCUT2D eigenvalue weighted by atomic mass is 10.2. The van der Waals surface area contributed by atoms with E-state index in [-0.39, 0.29) is 0 Å². The highest BCUT2D eigenvalue weighted by molar-refractivity contribution is 5.53. The Morgan fingerprint density at radius 1 is 1.07 bits per heavy atom. The minimum Gasteiger partial charge on any atom is -0.385 e. The van der Waals surface area contributed by atoms with Gasteiger partial charge in [0.05, 0.1) is 0 Å². The van der Waals surface area contributed by atoms with Crippen molar-refractivity contribution < 1.29 is 0 Å². The van der Waals surface area contributed by atoms with Crippen LogP contribution >= 0.6 is 0 Å². The van der Waals surface area contributed by atoms with E-state index in [2.05, 4.69) is 55.7 Å². The average molecular weight is 192 g/mol. The molecule has 2 N–H and O–H groups in total. The van der Waals surface area contributed by atoms with Gasteiger partial charge in [0, 0.05) is 24.0 Å². The molecule has 0 aromatic heterocycles. The molecule has 1 rings (SSSR count). The van der Waals surface area contributed by atoms with Crippen molar-refractivity contribution in [3.05, 3.63) is 24.3 Å². The largest absolute Gasteiger partial charge is 0.385 e. The van der Waals surface area contributed by atoms with Crippen LogP contribution in [0.1, 0.15) is 27.2 Å². The van der Waals surface area contributed by atoms with E-state index in [4.69, 9.17) is 0 Å². The molecule has 0 fully saturated rings. The fourth-order valence-corrected chi connectivity index (χ4v) is 1.28. The molecular weight excluding hydrogens is 172 g/mol. The molecular formula is C12H20N2. The van der Waals surface area contributed by atoms with Crippen LogP contribution in [-0.4, -0.2) is 12.6 Å². The quantitative estimate of drug-likeness (QED) is 0.747. The lowest BCUT2D eigenvalue weighted by Gasteiger charge is -2.13. The molecule has 2 heteroatoms. The van der Waals surface area contributed by atoms with Gasteiger partial charge in [0.1, 0.15) is 0 Å². The third-order valence-corrected chi connectivity index (χ3v) is 2.29. The predicted octanol–water partition coefficient (Wildman–Crippen LogP) is 3.33. The SMILES string of the molecule is CCNc1ccc(NC(C)CC)cc1. The molecule has 1 unspecified atom stereocenters. The van der Waals surface area contributed by atoms with E-state index in [1.54, 1.807) is 0 Å². The van der Waals surface area contributed by atoms with E-state index in [1.165, 1.54) is 11.4 Å². The third-order valence-electron chi connectivity index (χ3n) is 2.29. The molecule has 0 aliphatic heterocycles. The summed E-state index contributed by atoms with van der Waals surface area (Å²) in [5.74, 6) is 0. The van der Waals surface area contributed by atoms with Gasteiger partial charge in [-0.2, -0.15) is 0 Å². The Morgan fingerprint density at radius 3 is 2.14 bits per heavy atom. The van der Waals surface area contributed by atoms with E-state index >= 15 is 0 Å². The van der Waals surface area contributed by atoms with Gasteiger partial charge in [0.15, 0.2) is 0 Å². The monoisotopic (exact) mass is 192 g/mol. The summed E-state index contributed by atoms with van der Waals surface area (Å²) in [6, 6.07) is 8.98. The topological polar surface area (TPSA) is 24.1 Å². The second-order valence-electron chi connectivity index (χ2n) is 3.56. The van der Waals surface area contributed by atoms with Gasteiger partial charge >= 0.3 is 0 Å². The van der Waals surface area contributed by atoms with Gasteiger partial charge in [-0.25, -0.2) is 0 Å². The summed E-state index contributed by atoms with van der Waals surface area (Å²) >= 11 is 0. The summed E-state index contributed by atoms with van der Waals surface area (Å²) in [6.45, 7) is 7.45. The summed E-state index contributed by atoms with van der Waals surface area (Å²) in [7, 11) is 0. The maximum Gasteiger partial charge on any atom is 0.0343 e. The fraction of sp³-hybridized carbons (Fsp3) is 0.500. The second kappa shape index (κ2) is 5.53. The van der Waals surface area contributed by atoms with Crippen molar-refractivity contribution >= 4 is 11.4 Å². The molecule has 0 heterocycles. The van der Waals surface area contributed by atoms with Crippen molar-refractivity contribution in [3.63, 3.8) is 0 Å². The molecule has 78 valence electrons. The molecule has 2 nitrogen and oxygen atoms in total. The van der Waals surface area contributed by atoms with Crippen molar-refractivity contribution in [1.29, 1.82) is 0 Å². The van der Waals surface area contributed by atoms with Crippen LogP contribution in [0.3, 0.4) is 0 Å². The normalized spacial score (nSPS) is 12.2. The summed E-state index contributed by atoms with van der Waals surface area (Å²) in [4.78, 5) is 0. The molecule has 0 bridgehead atoms. The van der Waals surface area contributed by atoms with Crippen molar-refractivity contribution in [2.24, 2.45) is 0 Å². The minimum atomic E-state index is 0.542. The summed E-state index contributed by atoms with van der Waals surface area (Å²) < 4.78 is 0. The number of rotatable bonds is 5. The van der Waals surface area contributed by atoms with Gasteiger partial charge in [-0.15, -0.1) is 0 Å². The molecule has 0 spiro atoms. The van der Waals surface area contributed by atoms with Crippen molar-refractivity contribution in [1.82, 2.24) is 0 Å². The predicted molar refractivity (Wildman–Crippen MR) is 64.0 cm³/mol. The smallest absolute Gasteiger partial charge is 0.0343 e. The highest BCUT2D eigenvalue weighted by Gasteiger charge is 1.97. The van der Waals surface area contributed by atoms with E-state index in [1.807, 2.05) is 0 Å². The van der Waals surface area contributed by atoms with Crippen LogP contribution in [0.15, 0.2) is 24.3 Å². The first kappa shape index (κ1) is 10.9. The Bertz CT molecular complexity index is 254. The maximum atomic E-state index is 3.43. The van der Waals surface area contributed by atoms with Crippen LogP contribution in [0.4, 0.5) is 11.4 Å². The molecule has 0 aliphatic rings. The zero-order valence-electron chi connectivity index (χ0n) is 9.30. The van der Waals surface area contributed by atoms with Gasteiger partial charge in [-0.3, -0.25) is 0 Å². The Balaban J connectivity index is 2.54. The van der Waals surface area contributed by atoms with E-state index < -0.39 is 0 Å². The first-order valence-corrected chi connectivity index (χ1v) is 5.36. The molecule has 1 aromatic carbocycles. The zero-order valence-corrected chi connectivity index (χ0v) is 9.30. The zero-order chi connectivity index (χ0) is 10.4. The van der Waals surface area contributed by atoms with Crippen LogP contribution < -0.4 is 10.6 Å².